The molecule has 0 radical (unpaired) electrons. The molecule has 9 heteroatoms. The van der Waals surface area contributed by atoms with Crippen molar-refractivity contribution in [3.63, 3.8) is 0 Å². The molecular formula is C12H20N2O4S3. The van der Waals surface area contributed by atoms with Crippen molar-refractivity contribution in [3.8, 4) is 0 Å². The number of thiophene rings is 1. The third-order valence-electron chi connectivity index (χ3n) is 3.28. The van der Waals surface area contributed by atoms with E-state index in [1.807, 2.05) is 5.38 Å². The lowest BCUT2D eigenvalue weighted by atomic mass is 10.3. The van der Waals surface area contributed by atoms with Crippen LogP contribution in [-0.4, -0.2) is 52.3 Å². The minimum Gasteiger partial charge on any atom is -0.313 e. The Morgan fingerprint density at radius 3 is 2.62 bits per heavy atom. The van der Waals surface area contributed by atoms with Gasteiger partial charge >= 0.3 is 0 Å². The molecule has 1 saturated heterocycles. The quantitative estimate of drug-likeness (QED) is 0.761. The molecule has 1 aliphatic rings. The lowest BCUT2D eigenvalue weighted by molar-refractivity contribution is 0.432. The van der Waals surface area contributed by atoms with Gasteiger partial charge in [0.1, 0.15) is 4.21 Å². The summed E-state index contributed by atoms with van der Waals surface area (Å²) in [6.07, 6.45) is 1.03. The predicted molar refractivity (Wildman–Crippen MR) is 83.7 cm³/mol. The molecular weight excluding hydrogens is 332 g/mol. The van der Waals surface area contributed by atoms with Crippen LogP contribution in [0.2, 0.25) is 0 Å². The largest absolute Gasteiger partial charge is 0.313 e. The van der Waals surface area contributed by atoms with Crippen molar-refractivity contribution in [1.29, 1.82) is 0 Å². The van der Waals surface area contributed by atoms with E-state index in [9.17, 15) is 16.8 Å². The molecule has 6 nitrogen and oxygen atoms in total. The first-order valence-corrected chi connectivity index (χ1v) is 11.0. The van der Waals surface area contributed by atoms with Gasteiger partial charge in [0.15, 0.2) is 9.84 Å². The molecule has 0 atom stereocenters. The molecule has 1 fully saturated rings. The standard InChI is InChI=1S/C12H20N2O4S3/c1-2-3-13-9-11-8-12(19-10-11)21(17,18)14-4-6-20(15,16)7-5-14/h8,10,13H,2-7,9H2,1H3. The molecule has 0 amide bonds. The highest BCUT2D eigenvalue weighted by Gasteiger charge is 2.32. The summed E-state index contributed by atoms with van der Waals surface area (Å²) in [5, 5.41) is 5.05. The Morgan fingerprint density at radius 2 is 2.00 bits per heavy atom. The normalized spacial score (nSPS) is 19.7. The van der Waals surface area contributed by atoms with Crippen LogP contribution in [0.5, 0.6) is 0 Å². The van der Waals surface area contributed by atoms with E-state index in [2.05, 4.69) is 12.2 Å². The zero-order chi connectivity index (χ0) is 15.5. The number of sulfonamides is 1. The summed E-state index contributed by atoms with van der Waals surface area (Å²) in [6, 6.07) is 1.67. The Morgan fingerprint density at radius 1 is 1.33 bits per heavy atom. The zero-order valence-corrected chi connectivity index (χ0v) is 14.4. The van der Waals surface area contributed by atoms with Crippen molar-refractivity contribution in [3.05, 3.63) is 17.0 Å². The van der Waals surface area contributed by atoms with Gasteiger partial charge in [0.2, 0.25) is 0 Å². The Hall–Kier alpha value is -0.480. The minimum atomic E-state index is -3.56. The molecule has 21 heavy (non-hydrogen) atoms. The summed E-state index contributed by atoms with van der Waals surface area (Å²) in [6.45, 7) is 3.70. The average molecular weight is 353 g/mol. The summed E-state index contributed by atoms with van der Waals surface area (Å²) in [7, 11) is -6.64. The molecule has 2 rings (SSSR count). The average Bonchev–Trinajstić information content (AvgIpc) is 2.88. The van der Waals surface area contributed by atoms with Crippen molar-refractivity contribution in [2.75, 3.05) is 31.1 Å². The van der Waals surface area contributed by atoms with Crippen LogP contribution in [0.1, 0.15) is 18.9 Å². The van der Waals surface area contributed by atoms with E-state index >= 15 is 0 Å². The van der Waals surface area contributed by atoms with Gasteiger partial charge in [-0.25, -0.2) is 16.8 Å². The van der Waals surface area contributed by atoms with Crippen LogP contribution in [0, 0.1) is 0 Å². The highest BCUT2D eigenvalue weighted by molar-refractivity contribution is 7.92. The molecule has 0 aromatic carbocycles. The Bertz CT molecular complexity index is 665. The van der Waals surface area contributed by atoms with Gasteiger partial charge in [0.05, 0.1) is 11.5 Å². The first kappa shape index (κ1) is 16.9. The third kappa shape index (κ3) is 4.26. The smallest absolute Gasteiger partial charge is 0.252 e. The first-order chi connectivity index (χ1) is 9.85. The predicted octanol–water partition coefficient (Wildman–Crippen LogP) is 0.667. The van der Waals surface area contributed by atoms with Gasteiger partial charge in [-0.2, -0.15) is 4.31 Å². The molecule has 1 aromatic heterocycles. The number of rotatable bonds is 6. The number of hydrogen-bond donors (Lipinski definition) is 1. The molecule has 1 N–H and O–H groups in total. The fourth-order valence-corrected chi connectivity index (χ4v) is 6.29. The molecule has 0 saturated carbocycles. The van der Waals surface area contributed by atoms with E-state index in [1.165, 1.54) is 15.6 Å². The van der Waals surface area contributed by atoms with Crippen LogP contribution in [0.25, 0.3) is 0 Å². The van der Waals surface area contributed by atoms with Crippen molar-refractivity contribution in [2.45, 2.75) is 24.1 Å². The molecule has 0 bridgehead atoms. The second-order valence-electron chi connectivity index (χ2n) is 5.01. The fraction of sp³-hybridized carbons (Fsp3) is 0.667. The van der Waals surface area contributed by atoms with Crippen LogP contribution in [0.4, 0.5) is 0 Å². The van der Waals surface area contributed by atoms with Crippen molar-refractivity contribution < 1.29 is 16.8 Å². The van der Waals surface area contributed by atoms with E-state index in [1.54, 1.807) is 6.07 Å². The topological polar surface area (TPSA) is 83.6 Å². The van der Waals surface area contributed by atoms with Crippen LogP contribution in [0.3, 0.4) is 0 Å². The summed E-state index contributed by atoms with van der Waals surface area (Å²) in [5.41, 5.74) is 0.941. The minimum absolute atomic E-state index is 0.0476. The van der Waals surface area contributed by atoms with Gasteiger partial charge < -0.3 is 5.32 Å². The lowest BCUT2D eigenvalue weighted by Crippen LogP contribution is -2.43. The summed E-state index contributed by atoms with van der Waals surface area (Å²) < 4.78 is 49.2. The van der Waals surface area contributed by atoms with Crippen LogP contribution >= 0.6 is 11.3 Å². The Kier molecular flexibility index (Phi) is 5.42. The first-order valence-electron chi connectivity index (χ1n) is 6.84. The molecule has 2 heterocycles. The van der Waals surface area contributed by atoms with E-state index in [0.29, 0.717) is 6.54 Å². The van der Waals surface area contributed by atoms with Gasteiger partial charge in [-0.1, -0.05) is 6.92 Å². The summed E-state index contributed by atoms with van der Waals surface area (Å²) in [5.74, 6) is -0.189. The Labute approximate surface area is 130 Å². The van der Waals surface area contributed by atoms with Crippen LogP contribution in [-0.2, 0) is 26.4 Å². The van der Waals surface area contributed by atoms with Crippen molar-refractivity contribution in [2.24, 2.45) is 0 Å². The maximum Gasteiger partial charge on any atom is 0.252 e. The summed E-state index contributed by atoms with van der Waals surface area (Å²) >= 11 is 1.19. The van der Waals surface area contributed by atoms with Gasteiger partial charge in [-0.3, -0.25) is 0 Å². The van der Waals surface area contributed by atoms with Gasteiger partial charge in [0.25, 0.3) is 10.0 Å². The van der Waals surface area contributed by atoms with Crippen molar-refractivity contribution >= 4 is 31.2 Å². The number of nitrogens with zero attached hydrogens (tertiary/aromatic N) is 1. The van der Waals surface area contributed by atoms with Crippen LogP contribution in [0.15, 0.2) is 15.7 Å². The maximum absolute atomic E-state index is 12.5. The zero-order valence-electron chi connectivity index (χ0n) is 11.9. The van der Waals surface area contributed by atoms with E-state index in [-0.39, 0.29) is 28.8 Å². The molecule has 0 aliphatic carbocycles. The summed E-state index contributed by atoms with van der Waals surface area (Å²) in [4.78, 5) is 0. The highest BCUT2D eigenvalue weighted by atomic mass is 32.2. The molecule has 120 valence electrons. The fourth-order valence-electron chi connectivity index (χ4n) is 2.05. The van der Waals surface area contributed by atoms with Crippen LogP contribution < -0.4 is 5.32 Å². The maximum atomic E-state index is 12.5. The van der Waals surface area contributed by atoms with E-state index < -0.39 is 19.9 Å². The second kappa shape index (κ2) is 6.74. The van der Waals surface area contributed by atoms with E-state index in [4.69, 9.17) is 0 Å². The van der Waals surface area contributed by atoms with E-state index in [0.717, 1.165) is 18.5 Å². The number of hydrogen-bond acceptors (Lipinski definition) is 6. The number of nitrogens with one attached hydrogen (secondary N) is 1. The highest BCUT2D eigenvalue weighted by Crippen LogP contribution is 2.25. The molecule has 0 spiro atoms. The SMILES string of the molecule is CCCNCc1csc(S(=O)(=O)N2CCS(=O)(=O)CC2)c1. The van der Waals surface area contributed by atoms with Gasteiger partial charge in [0, 0.05) is 19.6 Å². The van der Waals surface area contributed by atoms with Gasteiger partial charge in [-0.15, -0.1) is 11.3 Å². The molecule has 1 aliphatic heterocycles. The monoisotopic (exact) mass is 352 g/mol. The molecule has 1 aromatic rings. The Balaban J connectivity index is 2.06. The molecule has 0 unspecified atom stereocenters. The number of sulfone groups is 1. The lowest BCUT2D eigenvalue weighted by Gasteiger charge is -2.25. The second-order valence-corrected chi connectivity index (χ2v) is 10.4. The third-order valence-corrected chi connectivity index (χ3v) is 8.25. The van der Waals surface area contributed by atoms with Crippen molar-refractivity contribution in [1.82, 2.24) is 9.62 Å². The van der Waals surface area contributed by atoms with Gasteiger partial charge in [-0.05, 0) is 30.0 Å².